The molecule has 3 fully saturated rings. The van der Waals surface area contributed by atoms with Crippen LogP contribution < -0.4 is 10.2 Å². The number of anilines is 2. The number of carboxylic acids is 1. The summed E-state index contributed by atoms with van der Waals surface area (Å²) in [4.78, 5) is 27.6. The van der Waals surface area contributed by atoms with Crippen molar-refractivity contribution in [3.05, 3.63) is 51.9 Å². The third-order valence-corrected chi connectivity index (χ3v) is 7.44. The van der Waals surface area contributed by atoms with Crippen LogP contribution in [0.5, 0.6) is 0 Å². The molecule has 0 spiro atoms. The highest BCUT2D eigenvalue weighted by atomic mass is 35.5. The highest BCUT2D eigenvalue weighted by Crippen LogP contribution is 2.60. The van der Waals surface area contributed by atoms with Crippen LogP contribution in [0.25, 0.3) is 11.0 Å². The lowest BCUT2D eigenvalue weighted by Gasteiger charge is -2.46. The van der Waals surface area contributed by atoms with Crippen LogP contribution in [0.4, 0.5) is 11.5 Å². The van der Waals surface area contributed by atoms with Crippen LogP contribution in [0.3, 0.4) is 0 Å². The summed E-state index contributed by atoms with van der Waals surface area (Å²) >= 11 is 5.92. The Kier molecular flexibility index (Phi) is 5.77. The Hall–Kier alpha value is -3.48. The van der Waals surface area contributed by atoms with Gasteiger partial charge < -0.3 is 20.1 Å². The van der Waals surface area contributed by atoms with E-state index in [1.807, 2.05) is 26.0 Å². The van der Waals surface area contributed by atoms with Crippen LogP contribution >= 0.6 is 11.6 Å². The van der Waals surface area contributed by atoms with Gasteiger partial charge in [-0.3, -0.25) is 0 Å². The molecule has 10 heteroatoms. The van der Waals surface area contributed by atoms with E-state index in [0.717, 1.165) is 30.5 Å². The van der Waals surface area contributed by atoms with Gasteiger partial charge in [0.15, 0.2) is 17.2 Å². The zero-order valence-corrected chi connectivity index (χ0v) is 21.3. The second-order valence-corrected chi connectivity index (χ2v) is 10.7. The van der Waals surface area contributed by atoms with Crippen molar-refractivity contribution in [3.8, 4) is 6.07 Å². The SMILES string of the molecule is COCC12CC(C)(CN1c1nc3c([C@@H](C)Nc4ccc(Cl)nc4C(=O)O)cc(C)cc3nc1C#N)C2. The fourth-order valence-electron chi connectivity index (χ4n) is 6.08. The topological polar surface area (TPSA) is 124 Å². The number of rotatable bonds is 7. The number of ether oxygens (including phenoxy) is 1. The summed E-state index contributed by atoms with van der Waals surface area (Å²) in [7, 11) is 1.70. The van der Waals surface area contributed by atoms with E-state index in [2.05, 4.69) is 28.2 Å². The molecule has 2 N–H and O–H groups in total. The van der Waals surface area contributed by atoms with E-state index in [-0.39, 0.29) is 27.8 Å². The minimum atomic E-state index is -1.17. The zero-order chi connectivity index (χ0) is 25.8. The highest BCUT2D eigenvalue weighted by molar-refractivity contribution is 6.29. The molecular formula is C26H27ClN6O3. The standard InChI is InChI=1S/C26H27ClN6O3/c1-14-7-16(15(2)29-17-5-6-20(27)31-22(17)24(34)35)21-18(8-14)30-19(9-28)23(32-21)33-12-25(3)10-26(33,11-25)13-36-4/h5-8,15,29H,10-13H2,1-4H3,(H,34,35)/t15-,25?,26?/m1/s1. The number of fused-ring (bicyclic) bond motifs is 2. The Balaban J connectivity index is 1.61. The number of hydrogen-bond acceptors (Lipinski definition) is 8. The lowest BCUT2D eigenvalue weighted by molar-refractivity contribution is 0.0500. The van der Waals surface area contributed by atoms with E-state index in [4.69, 9.17) is 26.3 Å². The van der Waals surface area contributed by atoms with Crippen LogP contribution in [-0.4, -0.2) is 51.8 Å². The average molecular weight is 507 g/mol. The summed E-state index contributed by atoms with van der Waals surface area (Å²) < 4.78 is 5.56. The first-order valence-electron chi connectivity index (χ1n) is 11.7. The van der Waals surface area contributed by atoms with Crippen LogP contribution in [0.2, 0.25) is 5.15 Å². The van der Waals surface area contributed by atoms with Crippen molar-refractivity contribution < 1.29 is 14.6 Å². The lowest BCUT2D eigenvalue weighted by Crippen LogP contribution is -2.52. The molecule has 1 saturated carbocycles. The molecule has 1 atom stereocenters. The molecule has 3 aliphatic rings. The van der Waals surface area contributed by atoms with Crippen LogP contribution in [0.1, 0.15) is 60.0 Å². The number of pyridine rings is 1. The number of halogens is 1. The van der Waals surface area contributed by atoms with Gasteiger partial charge in [0.1, 0.15) is 11.2 Å². The molecule has 36 heavy (non-hydrogen) atoms. The number of nitrogens with one attached hydrogen (secondary N) is 1. The molecular weight excluding hydrogens is 480 g/mol. The number of benzene rings is 1. The third-order valence-electron chi connectivity index (χ3n) is 7.23. The zero-order valence-electron chi connectivity index (χ0n) is 20.6. The molecule has 1 aliphatic carbocycles. The maximum atomic E-state index is 11.7. The average Bonchev–Trinajstić information content (AvgIpc) is 3.26. The fraction of sp³-hybridized carbons (Fsp3) is 0.423. The van der Waals surface area contributed by atoms with E-state index in [1.54, 1.807) is 19.2 Å². The van der Waals surface area contributed by atoms with Gasteiger partial charge in [0.2, 0.25) is 0 Å². The van der Waals surface area contributed by atoms with E-state index >= 15 is 0 Å². The summed E-state index contributed by atoms with van der Waals surface area (Å²) in [6.45, 7) is 7.48. The molecule has 2 bridgehead atoms. The summed E-state index contributed by atoms with van der Waals surface area (Å²) in [5.74, 6) is -0.605. The number of methoxy groups -OCH3 is 1. The monoisotopic (exact) mass is 506 g/mol. The summed E-state index contributed by atoms with van der Waals surface area (Å²) in [5.41, 5.74) is 3.55. The quantitative estimate of drug-likeness (QED) is 0.437. The largest absolute Gasteiger partial charge is 0.476 e. The Bertz CT molecular complexity index is 1430. The normalized spacial score (nSPS) is 23.3. The number of aromatic nitrogens is 3. The summed E-state index contributed by atoms with van der Waals surface area (Å²) in [6.07, 6.45) is 1.97. The van der Waals surface area contributed by atoms with Gasteiger partial charge in [-0.1, -0.05) is 24.6 Å². The van der Waals surface area contributed by atoms with Gasteiger partial charge in [-0.15, -0.1) is 0 Å². The maximum Gasteiger partial charge on any atom is 0.356 e. The van der Waals surface area contributed by atoms with E-state index in [0.29, 0.717) is 34.8 Å². The first-order valence-corrected chi connectivity index (χ1v) is 12.1. The molecule has 6 rings (SSSR count). The summed E-state index contributed by atoms with van der Waals surface area (Å²) in [5, 5.41) is 22.9. The Morgan fingerprint density at radius 1 is 1.33 bits per heavy atom. The van der Waals surface area contributed by atoms with Crippen molar-refractivity contribution in [2.24, 2.45) is 5.41 Å². The lowest BCUT2D eigenvalue weighted by atomic mass is 9.63. The van der Waals surface area contributed by atoms with Gasteiger partial charge in [0.25, 0.3) is 0 Å². The van der Waals surface area contributed by atoms with Crippen molar-refractivity contribution in [2.45, 2.75) is 45.2 Å². The smallest absolute Gasteiger partial charge is 0.356 e. The van der Waals surface area contributed by atoms with Crippen molar-refractivity contribution in [2.75, 3.05) is 30.5 Å². The molecule has 0 unspecified atom stereocenters. The second kappa shape index (κ2) is 8.57. The molecule has 2 aromatic heterocycles. The van der Waals surface area contributed by atoms with E-state index in [1.165, 1.54) is 0 Å². The van der Waals surface area contributed by atoms with Gasteiger partial charge in [0.05, 0.1) is 34.9 Å². The molecule has 0 radical (unpaired) electrons. The minimum absolute atomic E-state index is 0.105. The number of nitriles is 1. The van der Waals surface area contributed by atoms with E-state index < -0.39 is 5.97 Å². The number of aromatic carboxylic acids is 1. The Labute approximate surface area is 214 Å². The van der Waals surface area contributed by atoms with Crippen molar-refractivity contribution in [3.63, 3.8) is 0 Å². The van der Waals surface area contributed by atoms with Crippen molar-refractivity contribution in [1.82, 2.24) is 15.0 Å². The van der Waals surface area contributed by atoms with Crippen LogP contribution in [0, 0.1) is 23.7 Å². The predicted molar refractivity (Wildman–Crippen MR) is 137 cm³/mol. The van der Waals surface area contributed by atoms with Crippen molar-refractivity contribution in [1.29, 1.82) is 5.26 Å². The highest BCUT2D eigenvalue weighted by Gasteiger charge is 2.63. The molecule has 9 nitrogen and oxygen atoms in total. The third kappa shape index (κ3) is 3.91. The molecule has 2 aliphatic heterocycles. The number of aryl methyl sites for hydroxylation is 1. The number of carbonyl (C=O) groups is 1. The van der Waals surface area contributed by atoms with Gasteiger partial charge >= 0.3 is 5.97 Å². The van der Waals surface area contributed by atoms with Gasteiger partial charge in [-0.25, -0.2) is 19.7 Å². The number of carboxylic acid groups (broad SMARTS) is 1. The molecule has 4 heterocycles. The fourth-order valence-corrected chi connectivity index (χ4v) is 6.23. The molecule has 3 aromatic rings. The number of hydrogen-bond donors (Lipinski definition) is 2. The first kappa shape index (κ1) is 24.2. The van der Waals surface area contributed by atoms with E-state index in [9.17, 15) is 15.2 Å². The van der Waals surface area contributed by atoms with Gasteiger partial charge in [0, 0.05) is 19.2 Å². The first-order chi connectivity index (χ1) is 17.1. The maximum absolute atomic E-state index is 11.7. The van der Waals surface area contributed by atoms with Crippen molar-refractivity contribution >= 4 is 40.1 Å². The van der Waals surface area contributed by atoms with Gasteiger partial charge in [-0.2, -0.15) is 5.26 Å². The predicted octanol–water partition coefficient (Wildman–Crippen LogP) is 4.73. The molecule has 186 valence electrons. The minimum Gasteiger partial charge on any atom is -0.476 e. The Morgan fingerprint density at radius 3 is 2.75 bits per heavy atom. The molecule has 1 aromatic carbocycles. The summed E-state index contributed by atoms with van der Waals surface area (Å²) in [6, 6.07) is 8.98. The Morgan fingerprint density at radius 2 is 2.08 bits per heavy atom. The van der Waals surface area contributed by atoms with Crippen LogP contribution in [0.15, 0.2) is 24.3 Å². The molecule has 2 saturated heterocycles. The number of nitrogens with zero attached hydrogens (tertiary/aromatic N) is 5. The second-order valence-electron chi connectivity index (χ2n) is 10.3. The van der Waals surface area contributed by atoms with Gasteiger partial charge in [-0.05, 0) is 55.9 Å². The van der Waals surface area contributed by atoms with Crippen LogP contribution in [-0.2, 0) is 4.74 Å². The molecule has 0 amide bonds.